The predicted molar refractivity (Wildman–Crippen MR) is 97.3 cm³/mol. The van der Waals surface area contributed by atoms with Gasteiger partial charge in [-0.3, -0.25) is 19.7 Å². The van der Waals surface area contributed by atoms with Crippen molar-refractivity contribution in [1.82, 2.24) is 9.97 Å². The Morgan fingerprint density at radius 2 is 2.11 bits per heavy atom. The summed E-state index contributed by atoms with van der Waals surface area (Å²) in [6.07, 6.45) is 0.875. The first-order valence-electron chi connectivity index (χ1n) is 8.37. The molecule has 1 aliphatic rings. The summed E-state index contributed by atoms with van der Waals surface area (Å²) in [5, 5.41) is 11.2. The number of nitro benzene ring substituents is 1. The molecule has 0 radical (unpaired) electrons. The highest BCUT2D eigenvalue weighted by Crippen LogP contribution is 2.40. The van der Waals surface area contributed by atoms with Crippen LogP contribution in [0.2, 0.25) is 0 Å². The fourth-order valence-electron chi connectivity index (χ4n) is 3.22. The van der Waals surface area contributed by atoms with Crippen LogP contribution in [0.3, 0.4) is 0 Å². The molecule has 0 spiro atoms. The van der Waals surface area contributed by atoms with Crippen molar-refractivity contribution in [3.63, 3.8) is 0 Å². The van der Waals surface area contributed by atoms with Crippen LogP contribution in [0.1, 0.15) is 37.8 Å². The summed E-state index contributed by atoms with van der Waals surface area (Å²) in [5.41, 5.74) is 0.488. The van der Waals surface area contributed by atoms with Crippen molar-refractivity contribution in [2.75, 3.05) is 0 Å². The van der Waals surface area contributed by atoms with Gasteiger partial charge in [0.15, 0.2) is 5.82 Å². The fourth-order valence-corrected chi connectivity index (χ4v) is 3.22. The number of fused-ring (bicyclic) bond motifs is 1. The molecular formula is C18H18N4O5. The maximum atomic E-state index is 12.8. The van der Waals surface area contributed by atoms with E-state index in [0.29, 0.717) is 11.3 Å². The van der Waals surface area contributed by atoms with E-state index in [1.165, 1.54) is 24.5 Å². The maximum absolute atomic E-state index is 12.8. The molecule has 2 atom stereocenters. The van der Waals surface area contributed by atoms with Crippen LogP contribution >= 0.6 is 0 Å². The summed E-state index contributed by atoms with van der Waals surface area (Å²) >= 11 is 0. The number of nitro groups is 1. The molecule has 2 heterocycles. The minimum absolute atomic E-state index is 0.134. The molecule has 0 fully saturated rings. The first-order valence-corrected chi connectivity index (χ1v) is 8.37. The third-order valence-corrected chi connectivity index (χ3v) is 4.29. The number of non-ortho nitro benzene ring substituents is 1. The Morgan fingerprint density at radius 1 is 1.37 bits per heavy atom. The Kier molecular flexibility index (Phi) is 4.85. The highest BCUT2D eigenvalue weighted by atomic mass is 16.6. The molecule has 1 aromatic carbocycles. The Bertz CT molecular complexity index is 995. The monoisotopic (exact) mass is 370 g/mol. The lowest BCUT2D eigenvalue weighted by Gasteiger charge is -2.30. The quantitative estimate of drug-likeness (QED) is 0.500. The van der Waals surface area contributed by atoms with E-state index in [2.05, 4.69) is 15.0 Å². The van der Waals surface area contributed by atoms with Crippen LogP contribution in [-0.4, -0.2) is 32.7 Å². The number of aliphatic imine (C=N–C) groups is 1. The molecule has 1 N–H and O–H groups in total. The molecule has 9 nitrogen and oxygen atoms in total. The lowest BCUT2D eigenvalue weighted by Crippen LogP contribution is -2.37. The zero-order valence-electron chi connectivity index (χ0n) is 15.0. The van der Waals surface area contributed by atoms with Crippen LogP contribution in [0.15, 0.2) is 40.4 Å². The molecule has 9 heteroatoms. The van der Waals surface area contributed by atoms with Crippen molar-refractivity contribution < 1.29 is 14.5 Å². The number of nitrogens with one attached hydrogen (secondary N) is 1. The normalized spacial score (nSPS) is 18.6. The molecule has 1 aliphatic heterocycles. The minimum Gasteiger partial charge on any atom is -0.462 e. The van der Waals surface area contributed by atoms with E-state index in [1.807, 2.05) is 0 Å². The van der Waals surface area contributed by atoms with Gasteiger partial charge in [-0.25, -0.2) is 9.98 Å². The molecule has 0 aliphatic carbocycles. The summed E-state index contributed by atoms with van der Waals surface area (Å²) in [6.45, 7) is 5.10. The topological polar surface area (TPSA) is 128 Å². The second-order valence-corrected chi connectivity index (χ2v) is 6.52. The van der Waals surface area contributed by atoms with E-state index in [9.17, 15) is 19.7 Å². The lowest BCUT2D eigenvalue weighted by molar-refractivity contribution is -0.384. The lowest BCUT2D eigenvalue weighted by atomic mass is 9.77. The summed E-state index contributed by atoms with van der Waals surface area (Å²) in [5.74, 6) is -2.02. The van der Waals surface area contributed by atoms with Crippen molar-refractivity contribution in [3.8, 4) is 0 Å². The molecule has 1 aromatic heterocycles. The van der Waals surface area contributed by atoms with Gasteiger partial charge < -0.3 is 9.72 Å². The van der Waals surface area contributed by atoms with Gasteiger partial charge in [-0.15, -0.1) is 0 Å². The highest BCUT2D eigenvalue weighted by Gasteiger charge is 2.41. The first kappa shape index (κ1) is 18.4. The van der Waals surface area contributed by atoms with Gasteiger partial charge >= 0.3 is 5.97 Å². The van der Waals surface area contributed by atoms with Gasteiger partial charge in [-0.2, -0.15) is 0 Å². The van der Waals surface area contributed by atoms with E-state index < -0.39 is 28.3 Å². The first-order chi connectivity index (χ1) is 12.8. The van der Waals surface area contributed by atoms with Crippen LogP contribution in [-0.2, 0) is 9.53 Å². The molecule has 0 saturated carbocycles. The van der Waals surface area contributed by atoms with E-state index in [-0.39, 0.29) is 23.2 Å². The van der Waals surface area contributed by atoms with Crippen molar-refractivity contribution in [3.05, 3.63) is 62.2 Å². The SMILES string of the molecule is CC1=Nc2nc[nH]c(=O)c2C(c2cccc([N+](=O)[O-])c2)C1C(=O)OC(C)C. The number of esters is 1. The molecule has 0 amide bonds. The van der Waals surface area contributed by atoms with Crippen molar-refractivity contribution in [2.45, 2.75) is 32.8 Å². The number of carbonyl (C=O) groups is 1. The fraction of sp³-hybridized carbons (Fsp3) is 0.333. The number of aromatic amines is 1. The van der Waals surface area contributed by atoms with Gasteiger partial charge in [0.1, 0.15) is 5.92 Å². The van der Waals surface area contributed by atoms with Crippen LogP contribution in [0.4, 0.5) is 11.5 Å². The largest absolute Gasteiger partial charge is 0.462 e. The Hall–Kier alpha value is -3.36. The smallest absolute Gasteiger partial charge is 0.315 e. The van der Waals surface area contributed by atoms with Crippen molar-refractivity contribution in [2.24, 2.45) is 10.9 Å². The van der Waals surface area contributed by atoms with Gasteiger partial charge in [-0.05, 0) is 26.3 Å². The predicted octanol–water partition coefficient (Wildman–Crippen LogP) is 2.48. The Morgan fingerprint density at radius 3 is 2.78 bits per heavy atom. The molecular weight excluding hydrogens is 352 g/mol. The molecule has 140 valence electrons. The molecule has 27 heavy (non-hydrogen) atoms. The average Bonchev–Trinajstić information content (AvgIpc) is 2.60. The number of nitrogens with zero attached hydrogens (tertiary/aromatic N) is 3. The summed E-state index contributed by atoms with van der Waals surface area (Å²) < 4.78 is 5.36. The second-order valence-electron chi connectivity index (χ2n) is 6.52. The minimum atomic E-state index is -0.882. The van der Waals surface area contributed by atoms with Crippen LogP contribution < -0.4 is 5.56 Å². The zero-order chi connectivity index (χ0) is 19.7. The van der Waals surface area contributed by atoms with E-state index in [1.54, 1.807) is 26.8 Å². The number of hydrogen-bond donors (Lipinski definition) is 1. The standard InChI is InChI=1S/C18H18N4O5/c1-9(2)27-18(24)13-10(3)21-16-15(17(23)20-8-19-16)14(13)11-5-4-6-12(7-11)22(25)26/h4-9,13-14H,1-3H3,(H,19,20,23). The Labute approximate surface area is 154 Å². The maximum Gasteiger partial charge on any atom is 0.315 e. The molecule has 2 unspecified atom stereocenters. The molecule has 0 bridgehead atoms. The highest BCUT2D eigenvalue weighted by molar-refractivity contribution is 6.04. The Balaban J connectivity index is 2.23. The molecule has 3 rings (SSSR count). The third kappa shape index (κ3) is 3.48. The van der Waals surface area contributed by atoms with E-state index in [0.717, 1.165) is 0 Å². The van der Waals surface area contributed by atoms with Crippen LogP contribution in [0, 0.1) is 16.0 Å². The number of hydrogen-bond acceptors (Lipinski definition) is 7. The summed E-state index contributed by atoms with van der Waals surface area (Å²) in [4.78, 5) is 46.8. The number of ether oxygens (including phenoxy) is 1. The number of carbonyl (C=O) groups excluding carboxylic acids is 1. The second kappa shape index (κ2) is 7.10. The zero-order valence-corrected chi connectivity index (χ0v) is 15.0. The van der Waals surface area contributed by atoms with Crippen molar-refractivity contribution >= 4 is 23.2 Å². The summed E-state index contributed by atoms with van der Waals surface area (Å²) in [7, 11) is 0. The number of rotatable bonds is 4. The van der Waals surface area contributed by atoms with Crippen molar-refractivity contribution in [1.29, 1.82) is 0 Å². The number of H-pyrrole nitrogens is 1. The van der Waals surface area contributed by atoms with Gasteiger partial charge in [0.05, 0.1) is 22.9 Å². The van der Waals surface area contributed by atoms with Gasteiger partial charge in [0, 0.05) is 23.8 Å². The van der Waals surface area contributed by atoms with Crippen LogP contribution in [0.5, 0.6) is 0 Å². The third-order valence-electron chi connectivity index (χ3n) is 4.29. The van der Waals surface area contributed by atoms with Gasteiger partial charge in [-0.1, -0.05) is 12.1 Å². The molecule has 0 saturated heterocycles. The average molecular weight is 370 g/mol. The molecule has 2 aromatic rings. The number of benzene rings is 1. The summed E-state index contributed by atoms with van der Waals surface area (Å²) in [6, 6.07) is 5.87. The number of aromatic nitrogens is 2. The van der Waals surface area contributed by atoms with E-state index >= 15 is 0 Å². The van der Waals surface area contributed by atoms with Gasteiger partial charge in [0.25, 0.3) is 11.2 Å². The van der Waals surface area contributed by atoms with E-state index in [4.69, 9.17) is 4.74 Å². The van der Waals surface area contributed by atoms with Crippen LogP contribution in [0.25, 0.3) is 0 Å². The van der Waals surface area contributed by atoms with Gasteiger partial charge in [0.2, 0.25) is 0 Å².